The van der Waals surface area contributed by atoms with Gasteiger partial charge in [0.1, 0.15) is 0 Å². The first-order chi connectivity index (χ1) is 10.2. The van der Waals surface area contributed by atoms with E-state index in [1.807, 2.05) is 41.5 Å². The van der Waals surface area contributed by atoms with Gasteiger partial charge in [0, 0.05) is 36.9 Å². The predicted octanol–water partition coefficient (Wildman–Crippen LogP) is 3.67. The molecule has 0 atom stereocenters. The van der Waals surface area contributed by atoms with Crippen molar-refractivity contribution in [1.82, 2.24) is 4.90 Å². The average Bonchev–Trinajstić information content (AvgIpc) is 3.04. The normalized spacial score (nSPS) is 15.3. The fourth-order valence-electron chi connectivity index (χ4n) is 2.65. The highest BCUT2D eigenvalue weighted by Gasteiger charge is 2.23. The van der Waals surface area contributed by atoms with Crippen LogP contribution in [0.3, 0.4) is 0 Å². The molecule has 0 aliphatic carbocycles. The third-order valence-corrected chi connectivity index (χ3v) is 5.15. The van der Waals surface area contributed by atoms with Gasteiger partial charge in [-0.3, -0.25) is 4.79 Å². The molecule has 110 valence electrons. The third-order valence-electron chi connectivity index (χ3n) is 3.88. The number of nitrogens with zero attached hydrogens (tertiary/aromatic N) is 2. The molecule has 21 heavy (non-hydrogen) atoms. The zero-order valence-corrected chi connectivity index (χ0v) is 13.5. The number of carbonyl (C=O) groups excluding carboxylic acids is 1. The molecular formula is C16H17ClN2OS. The third kappa shape index (κ3) is 2.92. The summed E-state index contributed by atoms with van der Waals surface area (Å²) in [5.41, 5.74) is 2.28. The number of piperazine rings is 1. The summed E-state index contributed by atoms with van der Waals surface area (Å²) < 4.78 is 0. The van der Waals surface area contributed by atoms with Crippen molar-refractivity contribution in [3.05, 3.63) is 51.2 Å². The Kier molecular flexibility index (Phi) is 4.17. The van der Waals surface area contributed by atoms with Gasteiger partial charge in [-0.15, -0.1) is 11.3 Å². The lowest BCUT2D eigenvalue weighted by atomic mass is 10.1. The van der Waals surface area contributed by atoms with Crippen LogP contribution >= 0.6 is 22.9 Å². The smallest absolute Gasteiger partial charge is 0.264 e. The number of anilines is 1. The minimum absolute atomic E-state index is 0.146. The second kappa shape index (κ2) is 6.08. The molecule has 3 rings (SSSR count). The summed E-state index contributed by atoms with van der Waals surface area (Å²) in [5, 5.41) is 2.74. The van der Waals surface area contributed by atoms with Crippen molar-refractivity contribution < 1.29 is 4.79 Å². The Hall–Kier alpha value is -1.52. The Morgan fingerprint density at radius 3 is 2.57 bits per heavy atom. The van der Waals surface area contributed by atoms with E-state index >= 15 is 0 Å². The van der Waals surface area contributed by atoms with Crippen molar-refractivity contribution in [2.24, 2.45) is 0 Å². The fourth-order valence-corrected chi connectivity index (χ4v) is 3.51. The van der Waals surface area contributed by atoms with E-state index in [4.69, 9.17) is 11.6 Å². The Morgan fingerprint density at radius 1 is 1.14 bits per heavy atom. The van der Waals surface area contributed by atoms with Crippen molar-refractivity contribution >= 4 is 34.5 Å². The van der Waals surface area contributed by atoms with Crippen LogP contribution in [-0.2, 0) is 0 Å². The van der Waals surface area contributed by atoms with Gasteiger partial charge in [-0.1, -0.05) is 23.7 Å². The van der Waals surface area contributed by atoms with Crippen molar-refractivity contribution in [3.63, 3.8) is 0 Å². The molecule has 5 heteroatoms. The highest BCUT2D eigenvalue weighted by Crippen LogP contribution is 2.27. The van der Waals surface area contributed by atoms with E-state index in [2.05, 4.69) is 11.0 Å². The van der Waals surface area contributed by atoms with Gasteiger partial charge in [-0.25, -0.2) is 0 Å². The lowest BCUT2D eigenvalue weighted by Crippen LogP contribution is -2.48. The molecule has 0 unspecified atom stereocenters. The quantitative estimate of drug-likeness (QED) is 0.843. The molecule has 1 fully saturated rings. The van der Waals surface area contributed by atoms with Crippen LogP contribution in [0.25, 0.3) is 0 Å². The number of thiophene rings is 1. The van der Waals surface area contributed by atoms with Gasteiger partial charge < -0.3 is 9.80 Å². The Labute approximate surface area is 133 Å². The second-order valence-corrected chi connectivity index (χ2v) is 6.50. The van der Waals surface area contributed by atoms with Gasteiger partial charge in [0.05, 0.1) is 4.88 Å². The molecule has 1 saturated heterocycles. The van der Waals surface area contributed by atoms with Gasteiger partial charge in [0.15, 0.2) is 0 Å². The Morgan fingerprint density at radius 2 is 1.90 bits per heavy atom. The van der Waals surface area contributed by atoms with E-state index < -0.39 is 0 Å². The Balaban J connectivity index is 1.68. The van der Waals surface area contributed by atoms with Crippen LogP contribution in [0.1, 0.15) is 15.2 Å². The molecule has 2 aromatic rings. The van der Waals surface area contributed by atoms with Crippen LogP contribution in [0.4, 0.5) is 5.69 Å². The van der Waals surface area contributed by atoms with Crippen LogP contribution in [0.5, 0.6) is 0 Å². The van der Waals surface area contributed by atoms with Gasteiger partial charge in [-0.05, 0) is 36.1 Å². The topological polar surface area (TPSA) is 23.6 Å². The zero-order chi connectivity index (χ0) is 14.8. The molecule has 0 saturated carbocycles. The lowest BCUT2D eigenvalue weighted by Gasteiger charge is -2.36. The van der Waals surface area contributed by atoms with Gasteiger partial charge in [-0.2, -0.15) is 0 Å². The molecule has 1 amide bonds. The first-order valence-electron chi connectivity index (χ1n) is 6.99. The van der Waals surface area contributed by atoms with Gasteiger partial charge in [0.25, 0.3) is 5.91 Å². The maximum absolute atomic E-state index is 12.3. The number of hydrogen-bond donors (Lipinski definition) is 0. The maximum Gasteiger partial charge on any atom is 0.264 e. The predicted molar refractivity (Wildman–Crippen MR) is 88.6 cm³/mol. The summed E-state index contributed by atoms with van der Waals surface area (Å²) in [4.78, 5) is 17.4. The van der Waals surface area contributed by atoms with E-state index in [1.54, 1.807) is 0 Å². The summed E-state index contributed by atoms with van der Waals surface area (Å²) >= 11 is 7.69. The number of rotatable bonds is 2. The van der Waals surface area contributed by atoms with E-state index in [1.165, 1.54) is 17.0 Å². The number of hydrogen-bond acceptors (Lipinski definition) is 3. The summed E-state index contributed by atoms with van der Waals surface area (Å²) in [6, 6.07) is 9.80. The molecule has 0 radical (unpaired) electrons. The van der Waals surface area contributed by atoms with Crippen molar-refractivity contribution in [2.75, 3.05) is 31.1 Å². The molecule has 1 aromatic carbocycles. The van der Waals surface area contributed by atoms with Crippen molar-refractivity contribution in [1.29, 1.82) is 0 Å². The lowest BCUT2D eigenvalue weighted by molar-refractivity contribution is 0.0751. The molecule has 0 spiro atoms. The summed E-state index contributed by atoms with van der Waals surface area (Å²) in [5.74, 6) is 0.146. The fraction of sp³-hybridized carbons (Fsp3) is 0.312. The first-order valence-corrected chi connectivity index (χ1v) is 8.25. The summed E-state index contributed by atoms with van der Waals surface area (Å²) in [7, 11) is 0. The van der Waals surface area contributed by atoms with E-state index in [0.29, 0.717) is 0 Å². The standard InChI is InChI=1S/C16H17ClN2OS/c1-12-13(17)4-2-5-14(12)18-7-9-19(10-8-18)16(20)15-6-3-11-21-15/h2-6,11H,7-10H2,1H3. The first kappa shape index (κ1) is 14.4. The Bertz CT molecular complexity index is 634. The van der Waals surface area contributed by atoms with Crippen molar-refractivity contribution in [2.45, 2.75) is 6.92 Å². The highest BCUT2D eigenvalue weighted by molar-refractivity contribution is 7.12. The SMILES string of the molecule is Cc1c(Cl)cccc1N1CCN(C(=O)c2cccs2)CC1. The molecule has 1 aliphatic heterocycles. The van der Waals surface area contributed by atoms with E-state index in [9.17, 15) is 4.79 Å². The van der Waals surface area contributed by atoms with E-state index in [0.717, 1.165) is 41.6 Å². The molecule has 1 aromatic heterocycles. The van der Waals surface area contributed by atoms with Crippen LogP contribution < -0.4 is 4.90 Å². The van der Waals surface area contributed by atoms with Gasteiger partial charge >= 0.3 is 0 Å². The van der Waals surface area contributed by atoms with Crippen LogP contribution in [0.2, 0.25) is 5.02 Å². The average molecular weight is 321 g/mol. The van der Waals surface area contributed by atoms with E-state index in [-0.39, 0.29) is 5.91 Å². The van der Waals surface area contributed by atoms with Crippen LogP contribution in [-0.4, -0.2) is 37.0 Å². The summed E-state index contributed by atoms with van der Waals surface area (Å²) in [6.45, 7) is 5.24. The maximum atomic E-state index is 12.3. The highest BCUT2D eigenvalue weighted by atomic mass is 35.5. The molecule has 0 bridgehead atoms. The van der Waals surface area contributed by atoms with Crippen LogP contribution in [0.15, 0.2) is 35.7 Å². The zero-order valence-electron chi connectivity index (χ0n) is 11.9. The molecule has 0 N–H and O–H groups in total. The number of carbonyl (C=O) groups is 1. The number of amides is 1. The number of halogens is 1. The number of benzene rings is 1. The second-order valence-electron chi connectivity index (χ2n) is 5.14. The minimum atomic E-state index is 0.146. The summed E-state index contributed by atoms with van der Waals surface area (Å²) in [6.07, 6.45) is 0. The molecular weight excluding hydrogens is 304 g/mol. The monoisotopic (exact) mass is 320 g/mol. The molecule has 2 heterocycles. The minimum Gasteiger partial charge on any atom is -0.368 e. The largest absolute Gasteiger partial charge is 0.368 e. The van der Waals surface area contributed by atoms with Crippen molar-refractivity contribution in [3.8, 4) is 0 Å². The molecule has 1 aliphatic rings. The van der Waals surface area contributed by atoms with Gasteiger partial charge in [0.2, 0.25) is 0 Å². The van der Waals surface area contributed by atoms with Crippen LogP contribution in [0, 0.1) is 6.92 Å². The molecule has 3 nitrogen and oxygen atoms in total.